The second kappa shape index (κ2) is 6.39. The third-order valence-electron chi connectivity index (χ3n) is 3.57. The monoisotopic (exact) mass is 302 g/mol. The summed E-state index contributed by atoms with van der Waals surface area (Å²) in [6.07, 6.45) is 0.653. The molecule has 0 saturated heterocycles. The Bertz CT molecular complexity index is 689. The van der Waals surface area contributed by atoms with Crippen molar-refractivity contribution >= 4 is 5.78 Å². The summed E-state index contributed by atoms with van der Waals surface area (Å²) >= 11 is 0. The topological polar surface area (TPSA) is 87.0 Å². The van der Waals surface area contributed by atoms with Crippen LogP contribution >= 0.6 is 0 Å². The number of phenols is 3. The van der Waals surface area contributed by atoms with E-state index in [9.17, 15) is 20.1 Å². The Kier molecular flexibility index (Phi) is 4.56. The molecule has 0 saturated carbocycles. The van der Waals surface area contributed by atoms with Crippen molar-refractivity contribution in [3.05, 3.63) is 47.0 Å². The van der Waals surface area contributed by atoms with Crippen LogP contribution in [0.4, 0.5) is 0 Å². The molecule has 0 atom stereocenters. The molecule has 0 fully saturated rings. The van der Waals surface area contributed by atoms with Crippen LogP contribution in [0.1, 0.15) is 27.9 Å². The zero-order valence-electron chi connectivity index (χ0n) is 12.5. The van der Waals surface area contributed by atoms with Gasteiger partial charge in [-0.25, -0.2) is 0 Å². The summed E-state index contributed by atoms with van der Waals surface area (Å²) in [5.41, 5.74) is 1.23. The van der Waals surface area contributed by atoms with Gasteiger partial charge in [0.25, 0.3) is 0 Å². The van der Waals surface area contributed by atoms with Crippen LogP contribution in [0.15, 0.2) is 30.3 Å². The SMILES string of the molecule is COc1cc(O)c(C)c(O)c1C(=O)CCc1ccc(O)cc1. The second-order valence-corrected chi connectivity index (χ2v) is 5.04. The maximum absolute atomic E-state index is 12.4. The summed E-state index contributed by atoms with van der Waals surface area (Å²) in [5, 5.41) is 29.0. The highest BCUT2D eigenvalue weighted by molar-refractivity contribution is 6.02. The summed E-state index contributed by atoms with van der Waals surface area (Å²) in [4.78, 5) is 12.4. The van der Waals surface area contributed by atoms with E-state index in [0.717, 1.165) is 5.56 Å². The van der Waals surface area contributed by atoms with Gasteiger partial charge in [-0.1, -0.05) is 12.1 Å². The van der Waals surface area contributed by atoms with Crippen LogP contribution in [0.2, 0.25) is 0 Å². The van der Waals surface area contributed by atoms with E-state index in [1.54, 1.807) is 24.3 Å². The fourth-order valence-corrected chi connectivity index (χ4v) is 2.21. The number of hydrogen-bond acceptors (Lipinski definition) is 5. The van der Waals surface area contributed by atoms with Gasteiger partial charge in [0.1, 0.15) is 28.6 Å². The number of ether oxygens (including phenoxy) is 1. The lowest BCUT2D eigenvalue weighted by Gasteiger charge is -2.13. The Morgan fingerprint density at radius 2 is 1.77 bits per heavy atom. The Hall–Kier alpha value is -2.69. The van der Waals surface area contributed by atoms with Gasteiger partial charge in [0.2, 0.25) is 0 Å². The molecule has 5 heteroatoms. The van der Waals surface area contributed by atoms with Crippen LogP contribution in [0.5, 0.6) is 23.0 Å². The van der Waals surface area contributed by atoms with Crippen LogP contribution < -0.4 is 4.74 Å². The molecule has 0 amide bonds. The molecule has 0 aliphatic heterocycles. The van der Waals surface area contributed by atoms with E-state index in [4.69, 9.17) is 4.74 Å². The molecule has 2 aromatic rings. The highest BCUT2D eigenvalue weighted by Crippen LogP contribution is 2.38. The van der Waals surface area contributed by atoms with E-state index in [0.29, 0.717) is 6.42 Å². The lowest BCUT2D eigenvalue weighted by molar-refractivity contribution is 0.0977. The predicted molar refractivity (Wildman–Crippen MR) is 81.8 cm³/mol. The first-order valence-electron chi connectivity index (χ1n) is 6.84. The van der Waals surface area contributed by atoms with E-state index < -0.39 is 0 Å². The van der Waals surface area contributed by atoms with E-state index in [1.807, 2.05) is 0 Å². The molecular weight excluding hydrogens is 284 g/mol. The number of methoxy groups -OCH3 is 1. The van der Waals surface area contributed by atoms with Crippen LogP contribution in [0, 0.1) is 6.92 Å². The fourth-order valence-electron chi connectivity index (χ4n) is 2.21. The molecule has 5 nitrogen and oxygen atoms in total. The molecule has 0 heterocycles. The molecular formula is C17H18O5. The lowest BCUT2D eigenvalue weighted by Crippen LogP contribution is -2.05. The van der Waals surface area contributed by atoms with Crippen molar-refractivity contribution in [3.8, 4) is 23.0 Å². The molecule has 2 rings (SSSR count). The van der Waals surface area contributed by atoms with Gasteiger partial charge >= 0.3 is 0 Å². The van der Waals surface area contributed by atoms with Gasteiger partial charge < -0.3 is 20.1 Å². The fraction of sp³-hybridized carbons (Fsp3) is 0.235. The van der Waals surface area contributed by atoms with Gasteiger partial charge in [-0.15, -0.1) is 0 Å². The van der Waals surface area contributed by atoms with Gasteiger partial charge in [-0.2, -0.15) is 0 Å². The lowest BCUT2D eigenvalue weighted by atomic mass is 9.98. The number of hydrogen-bond donors (Lipinski definition) is 3. The van der Waals surface area contributed by atoms with E-state index in [1.165, 1.54) is 20.1 Å². The van der Waals surface area contributed by atoms with Gasteiger partial charge in [-0.05, 0) is 31.0 Å². The number of rotatable bonds is 5. The maximum atomic E-state index is 12.4. The Morgan fingerprint density at radius 1 is 1.14 bits per heavy atom. The third kappa shape index (κ3) is 3.14. The summed E-state index contributed by atoms with van der Waals surface area (Å²) < 4.78 is 5.08. The third-order valence-corrected chi connectivity index (χ3v) is 3.57. The average molecular weight is 302 g/mol. The van der Waals surface area contributed by atoms with Gasteiger partial charge in [-0.3, -0.25) is 4.79 Å². The van der Waals surface area contributed by atoms with E-state index in [-0.39, 0.29) is 46.3 Å². The molecule has 0 aromatic heterocycles. The number of benzene rings is 2. The van der Waals surface area contributed by atoms with Crippen molar-refractivity contribution in [3.63, 3.8) is 0 Å². The first kappa shape index (κ1) is 15.7. The van der Waals surface area contributed by atoms with Crippen LogP contribution in [-0.4, -0.2) is 28.2 Å². The van der Waals surface area contributed by atoms with Crippen LogP contribution in [0.3, 0.4) is 0 Å². The Labute approximate surface area is 128 Å². The molecule has 0 bridgehead atoms. The Balaban J connectivity index is 2.22. The van der Waals surface area contributed by atoms with Crippen molar-refractivity contribution < 1.29 is 24.9 Å². The molecule has 116 valence electrons. The zero-order chi connectivity index (χ0) is 16.3. The molecule has 0 aliphatic rings. The van der Waals surface area contributed by atoms with E-state index >= 15 is 0 Å². The molecule has 0 unspecified atom stereocenters. The first-order valence-corrected chi connectivity index (χ1v) is 6.84. The van der Waals surface area contributed by atoms with E-state index in [2.05, 4.69) is 0 Å². The largest absolute Gasteiger partial charge is 0.508 e. The normalized spacial score (nSPS) is 10.5. The number of carbonyl (C=O) groups excluding carboxylic acids is 1. The summed E-state index contributed by atoms with van der Waals surface area (Å²) in [6, 6.07) is 7.91. The minimum atomic E-state index is -0.273. The van der Waals surface area contributed by atoms with Gasteiger partial charge in [0.05, 0.1) is 7.11 Å². The Morgan fingerprint density at radius 3 is 2.36 bits per heavy atom. The molecule has 0 radical (unpaired) electrons. The van der Waals surface area contributed by atoms with Crippen molar-refractivity contribution in [1.29, 1.82) is 0 Å². The molecule has 2 aromatic carbocycles. The quantitative estimate of drug-likeness (QED) is 0.739. The zero-order valence-corrected chi connectivity index (χ0v) is 12.5. The standard InChI is InChI=1S/C17H18O5/c1-10-14(20)9-15(22-2)16(17(10)21)13(19)8-5-11-3-6-12(18)7-4-11/h3-4,6-7,9,18,20-21H,5,8H2,1-2H3. The number of aromatic hydroxyl groups is 3. The number of ketones is 1. The van der Waals surface area contributed by atoms with Crippen molar-refractivity contribution in [2.24, 2.45) is 0 Å². The number of aryl methyl sites for hydroxylation is 1. The highest BCUT2D eigenvalue weighted by Gasteiger charge is 2.21. The summed E-state index contributed by atoms with van der Waals surface area (Å²) in [7, 11) is 1.38. The molecule has 0 spiro atoms. The molecule has 22 heavy (non-hydrogen) atoms. The molecule has 3 N–H and O–H groups in total. The van der Waals surface area contributed by atoms with Crippen LogP contribution in [-0.2, 0) is 6.42 Å². The van der Waals surface area contributed by atoms with Crippen LogP contribution in [0.25, 0.3) is 0 Å². The smallest absolute Gasteiger partial charge is 0.170 e. The minimum Gasteiger partial charge on any atom is -0.508 e. The first-order chi connectivity index (χ1) is 10.4. The maximum Gasteiger partial charge on any atom is 0.170 e. The number of phenolic OH excluding ortho intramolecular Hbond substituents is 3. The summed E-state index contributed by atoms with van der Waals surface area (Å²) in [5.74, 6) is -0.331. The average Bonchev–Trinajstić information content (AvgIpc) is 2.51. The predicted octanol–water partition coefficient (Wildman–Crippen LogP) is 2.94. The minimum absolute atomic E-state index is 0.0802. The van der Waals surface area contributed by atoms with Crippen molar-refractivity contribution in [2.45, 2.75) is 19.8 Å². The van der Waals surface area contributed by atoms with Crippen molar-refractivity contribution in [1.82, 2.24) is 0 Å². The number of carbonyl (C=O) groups is 1. The van der Waals surface area contributed by atoms with Crippen molar-refractivity contribution in [2.75, 3.05) is 7.11 Å². The summed E-state index contributed by atoms with van der Waals surface area (Å²) in [6.45, 7) is 1.53. The highest BCUT2D eigenvalue weighted by atomic mass is 16.5. The number of Topliss-reactive ketones (excluding diaryl/α,β-unsaturated/α-hetero) is 1. The second-order valence-electron chi connectivity index (χ2n) is 5.04. The van der Waals surface area contributed by atoms with Gasteiger partial charge in [0, 0.05) is 18.1 Å². The van der Waals surface area contributed by atoms with Gasteiger partial charge in [0.15, 0.2) is 5.78 Å². The molecule has 0 aliphatic carbocycles.